The zero-order valence-electron chi connectivity index (χ0n) is 11.4. The third kappa shape index (κ3) is 2.88. The van der Waals surface area contributed by atoms with E-state index in [4.69, 9.17) is 0 Å². The Hall–Kier alpha value is -1.74. The molecule has 0 aromatic heterocycles. The zero-order chi connectivity index (χ0) is 14.1. The fourth-order valence-corrected chi connectivity index (χ4v) is 2.27. The van der Waals surface area contributed by atoms with Crippen molar-refractivity contribution in [1.29, 1.82) is 0 Å². The predicted octanol–water partition coefficient (Wildman–Crippen LogP) is 4.19. The Bertz CT molecular complexity index is 633. The van der Waals surface area contributed by atoms with Crippen LogP contribution in [0.5, 0.6) is 0 Å². The fraction of sp³-hybridized carbons (Fsp3) is 0.294. The van der Waals surface area contributed by atoms with Gasteiger partial charge in [-0.1, -0.05) is 12.1 Å². The average molecular weight is 273 g/mol. The number of halogens is 2. The van der Waals surface area contributed by atoms with Crippen molar-refractivity contribution in [3.63, 3.8) is 0 Å². The monoisotopic (exact) mass is 273 g/mol. The van der Waals surface area contributed by atoms with Gasteiger partial charge in [0.25, 0.3) is 0 Å². The van der Waals surface area contributed by atoms with E-state index in [1.54, 1.807) is 25.1 Å². The first kappa shape index (κ1) is 13.3. The summed E-state index contributed by atoms with van der Waals surface area (Å²) in [6, 6.07) is 10.4. The summed E-state index contributed by atoms with van der Waals surface area (Å²) in [5.41, 5.74) is 2.83. The van der Waals surface area contributed by atoms with E-state index < -0.39 is 0 Å². The van der Waals surface area contributed by atoms with Gasteiger partial charge >= 0.3 is 0 Å². The Kier molecular flexibility index (Phi) is 3.53. The summed E-state index contributed by atoms with van der Waals surface area (Å²) < 4.78 is 27.3. The second kappa shape index (κ2) is 5.33. The van der Waals surface area contributed by atoms with Crippen molar-refractivity contribution in [3.8, 4) is 11.1 Å². The van der Waals surface area contributed by atoms with E-state index in [0.29, 0.717) is 17.2 Å². The van der Waals surface area contributed by atoms with Crippen molar-refractivity contribution in [3.05, 3.63) is 59.2 Å². The van der Waals surface area contributed by atoms with Crippen LogP contribution in [-0.2, 0) is 6.54 Å². The molecule has 3 heteroatoms. The first-order valence-electron chi connectivity index (χ1n) is 6.92. The summed E-state index contributed by atoms with van der Waals surface area (Å²) in [5, 5.41) is 3.41. The van der Waals surface area contributed by atoms with E-state index >= 15 is 0 Å². The second-order valence-corrected chi connectivity index (χ2v) is 5.43. The van der Waals surface area contributed by atoms with Crippen LogP contribution in [0.2, 0.25) is 0 Å². The average Bonchev–Trinajstić information content (AvgIpc) is 3.25. The first-order valence-corrected chi connectivity index (χ1v) is 6.92. The minimum Gasteiger partial charge on any atom is -0.310 e. The number of rotatable bonds is 4. The van der Waals surface area contributed by atoms with Gasteiger partial charge in [-0.25, -0.2) is 8.78 Å². The molecule has 1 N–H and O–H groups in total. The minimum atomic E-state index is -0.272. The Labute approximate surface area is 117 Å². The molecule has 0 heterocycles. The maximum absolute atomic E-state index is 14.0. The summed E-state index contributed by atoms with van der Waals surface area (Å²) in [6.45, 7) is 2.44. The van der Waals surface area contributed by atoms with Crippen molar-refractivity contribution in [2.24, 2.45) is 0 Å². The molecular weight excluding hydrogens is 256 g/mol. The van der Waals surface area contributed by atoms with Crippen LogP contribution < -0.4 is 5.32 Å². The normalized spacial score (nSPS) is 14.6. The number of benzene rings is 2. The van der Waals surface area contributed by atoms with Crippen molar-refractivity contribution in [2.75, 3.05) is 0 Å². The number of hydrogen-bond acceptors (Lipinski definition) is 1. The maximum atomic E-state index is 14.0. The fourth-order valence-electron chi connectivity index (χ4n) is 2.27. The summed E-state index contributed by atoms with van der Waals surface area (Å²) in [5.74, 6) is -0.535. The SMILES string of the molecule is Cc1cc(-c2cc(CNC3CC3)ccc2F)ccc1F. The van der Waals surface area contributed by atoms with Gasteiger partial charge in [0.2, 0.25) is 0 Å². The highest BCUT2D eigenvalue weighted by molar-refractivity contribution is 5.65. The second-order valence-electron chi connectivity index (χ2n) is 5.43. The Morgan fingerprint density at radius 1 is 1.05 bits per heavy atom. The third-order valence-electron chi connectivity index (χ3n) is 3.67. The van der Waals surface area contributed by atoms with Crippen LogP contribution >= 0.6 is 0 Å². The molecule has 0 radical (unpaired) electrons. The van der Waals surface area contributed by atoms with Crippen LogP contribution in [0.25, 0.3) is 11.1 Å². The topological polar surface area (TPSA) is 12.0 Å². The van der Waals surface area contributed by atoms with Gasteiger partial charge in [0.05, 0.1) is 0 Å². The molecule has 104 valence electrons. The lowest BCUT2D eigenvalue weighted by Crippen LogP contribution is -2.15. The van der Waals surface area contributed by atoms with Crippen LogP contribution in [0.1, 0.15) is 24.0 Å². The van der Waals surface area contributed by atoms with Crippen molar-refractivity contribution in [1.82, 2.24) is 5.32 Å². The molecule has 0 aliphatic heterocycles. The first-order chi connectivity index (χ1) is 9.63. The zero-order valence-corrected chi connectivity index (χ0v) is 11.4. The molecule has 0 bridgehead atoms. The molecule has 1 saturated carbocycles. The van der Waals surface area contributed by atoms with E-state index in [0.717, 1.165) is 17.7 Å². The highest BCUT2D eigenvalue weighted by Gasteiger charge is 2.20. The van der Waals surface area contributed by atoms with E-state index in [9.17, 15) is 8.78 Å². The van der Waals surface area contributed by atoms with Gasteiger partial charge < -0.3 is 5.32 Å². The van der Waals surface area contributed by atoms with E-state index in [-0.39, 0.29) is 11.6 Å². The molecule has 1 nitrogen and oxygen atoms in total. The van der Waals surface area contributed by atoms with Gasteiger partial charge in [0.15, 0.2) is 0 Å². The lowest BCUT2D eigenvalue weighted by molar-refractivity contribution is 0.617. The lowest BCUT2D eigenvalue weighted by Gasteiger charge is -2.09. The van der Waals surface area contributed by atoms with Gasteiger partial charge in [0.1, 0.15) is 11.6 Å². The summed E-state index contributed by atoms with van der Waals surface area (Å²) >= 11 is 0. The number of nitrogens with one attached hydrogen (secondary N) is 1. The molecule has 0 unspecified atom stereocenters. The maximum Gasteiger partial charge on any atom is 0.131 e. The summed E-state index contributed by atoms with van der Waals surface area (Å²) in [7, 11) is 0. The summed E-state index contributed by atoms with van der Waals surface area (Å²) in [6.07, 6.45) is 2.45. The molecule has 0 saturated heterocycles. The molecule has 3 rings (SSSR count). The Morgan fingerprint density at radius 2 is 1.80 bits per heavy atom. The smallest absolute Gasteiger partial charge is 0.131 e. The molecule has 0 spiro atoms. The predicted molar refractivity (Wildman–Crippen MR) is 76.4 cm³/mol. The van der Waals surface area contributed by atoms with E-state index in [1.165, 1.54) is 25.0 Å². The number of aryl methyl sites for hydroxylation is 1. The summed E-state index contributed by atoms with van der Waals surface area (Å²) in [4.78, 5) is 0. The molecule has 1 fully saturated rings. The highest BCUT2D eigenvalue weighted by atomic mass is 19.1. The van der Waals surface area contributed by atoms with Gasteiger partial charge in [-0.2, -0.15) is 0 Å². The third-order valence-corrected chi connectivity index (χ3v) is 3.67. The van der Waals surface area contributed by atoms with Gasteiger partial charge in [-0.15, -0.1) is 0 Å². The Balaban J connectivity index is 1.89. The largest absolute Gasteiger partial charge is 0.310 e. The van der Waals surface area contributed by atoms with Crippen LogP contribution in [-0.4, -0.2) is 6.04 Å². The van der Waals surface area contributed by atoms with Crippen LogP contribution in [0.15, 0.2) is 36.4 Å². The Morgan fingerprint density at radius 3 is 2.50 bits per heavy atom. The highest BCUT2D eigenvalue weighted by Crippen LogP contribution is 2.26. The van der Waals surface area contributed by atoms with Crippen LogP contribution in [0.4, 0.5) is 8.78 Å². The van der Waals surface area contributed by atoms with E-state index in [2.05, 4.69) is 5.32 Å². The van der Waals surface area contributed by atoms with Gasteiger partial charge in [-0.05, 0) is 60.7 Å². The standard InChI is InChI=1S/C17H17F2N/c1-11-8-13(3-7-16(11)18)15-9-12(2-6-17(15)19)10-20-14-4-5-14/h2-3,6-9,14,20H,4-5,10H2,1H3. The van der Waals surface area contributed by atoms with Crippen molar-refractivity contribution >= 4 is 0 Å². The van der Waals surface area contributed by atoms with Crippen molar-refractivity contribution in [2.45, 2.75) is 32.4 Å². The molecule has 0 amide bonds. The number of hydrogen-bond donors (Lipinski definition) is 1. The molecule has 0 atom stereocenters. The molecular formula is C17H17F2N. The minimum absolute atomic E-state index is 0.263. The molecule has 1 aliphatic rings. The molecule has 20 heavy (non-hydrogen) atoms. The van der Waals surface area contributed by atoms with Crippen LogP contribution in [0.3, 0.4) is 0 Å². The van der Waals surface area contributed by atoms with E-state index in [1.807, 2.05) is 6.07 Å². The molecule has 1 aliphatic carbocycles. The van der Waals surface area contributed by atoms with Gasteiger partial charge in [-0.3, -0.25) is 0 Å². The quantitative estimate of drug-likeness (QED) is 0.880. The van der Waals surface area contributed by atoms with Crippen molar-refractivity contribution < 1.29 is 8.78 Å². The van der Waals surface area contributed by atoms with Crippen LogP contribution in [0, 0.1) is 18.6 Å². The molecule has 2 aromatic rings. The van der Waals surface area contributed by atoms with Gasteiger partial charge in [0, 0.05) is 18.2 Å². The lowest BCUT2D eigenvalue weighted by atomic mass is 10.0. The molecule has 2 aromatic carbocycles.